The summed E-state index contributed by atoms with van der Waals surface area (Å²) in [4.78, 5) is 50.4. The van der Waals surface area contributed by atoms with Gasteiger partial charge in [-0.3, -0.25) is 14.4 Å². The topological polar surface area (TPSA) is 111 Å². The maximum absolute atomic E-state index is 12.7. The molecule has 0 fully saturated rings. The molecule has 0 saturated carbocycles. The Kier molecular flexibility index (Phi) is 9.21. The molecular weight excluding hydrogens is 456 g/mol. The van der Waals surface area contributed by atoms with E-state index in [-0.39, 0.29) is 31.9 Å². The number of ether oxygens (including phenoxy) is 2. The number of nitrogens with one attached hydrogen (secondary N) is 2. The van der Waals surface area contributed by atoms with Crippen molar-refractivity contribution in [3.63, 3.8) is 0 Å². The van der Waals surface area contributed by atoms with Gasteiger partial charge in [-0.25, -0.2) is 4.79 Å². The van der Waals surface area contributed by atoms with Crippen LogP contribution in [0.15, 0.2) is 30.3 Å². The van der Waals surface area contributed by atoms with Gasteiger partial charge in [-0.15, -0.1) is 11.3 Å². The Morgan fingerprint density at radius 1 is 1.09 bits per heavy atom. The summed E-state index contributed by atoms with van der Waals surface area (Å²) < 4.78 is 10.4. The fraction of sp³-hybridized carbons (Fsp3) is 0.440. The number of hydrogen-bond donors (Lipinski definition) is 2. The average Bonchev–Trinajstić information content (AvgIpc) is 3.17. The van der Waals surface area contributed by atoms with Crippen molar-refractivity contribution in [2.24, 2.45) is 0 Å². The van der Waals surface area contributed by atoms with Crippen LogP contribution in [0.1, 0.15) is 59.5 Å². The SMILES string of the molecule is CCOC(=O)c1c(NC(=O)C(C)OC(=O)CCNC(=O)Cc2ccccc2)sc2c1CCCC2. The van der Waals surface area contributed by atoms with Gasteiger partial charge in [0.1, 0.15) is 5.00 Å². The van der Waals surface area contributed by atoms with Gasteiger partial charge in [-0.2, -0.15) is 0 Å². The zero-order chi connectivity index (χ0) is 24.5. The molecule has 34 heavy (non-hydrogen) atoms. The Balaban J connectivity index is 1.50. The second kappa shape index (κ2) is 12.3. The Labute approximate surface area is 203 Å². The molecule has 1 heterocycles. The number of benzene rings is 1. The van der Waals surface area contributed by atoms with E-state index in [4.69, 9.17) is 9.47 Å². The van der Waals surface area contributed by atoms with E-state index in [1.54, 1.807) is 6.92 Å². The molecule has 1 unspecified atom stereocenters. The summed E-state index contributed by atoms with van der Waals surface area (Å²) in [5.74, 6) is -1.77. The van der Waals surface area contributed by atoms with Gasteiger partial charge in [0.25, 0.3) is 5.91 Å². The molecule has 0 saturated heterocycles. The average molecular weight is 487 g/mol. The van der Waals surface area contributed by atoms with Crippen LogP contribution in [-0.4, -0.2) is 43.0 Å². The number of esters is 2. The van der Waals surface area contributed by atoms with Gasteiger partial charge in [-0.1, -0.05) is 30.3 Å². The Bertz CT molecular complexity index is 1030. The first-order chi connectivity index (χ1) is 16.4. The fourth-order valence-corrected chi connectivity index (χ4v) is 5.02. The third kappa shape index (κ3) is 6.90. The van der Waals surface area contributed by atoms with Crippen LogP contribution < -0.4 is 10.6 Å². The van der Waals surface area contributed by atoms with Crippen molar-refractivity contribution in [1.82, 2.24) is 5.32 Å². The third-order valence-corrected chi connectivity index (χ3v) is 6.63. The molecule has 3 rings (SSSR count). The van der Waals surface area contributed by atoms with E-state index in [2.05, 4.69) is 10.6 Å². The summed E-state index contributed by atoms with van der Waals surface area (Å²) in [6, 6.07) is 9.29. The van der Waals surface area contributed by atoms with Crippen molar-refractivity contribution in [1.29, 1.82) is 0 Å². The summed E-state index contributed by atoms with van der Waals surface area (Å²) in [6.45, 7) is 3.57. The molecular formula is C25H30N2O6S. The summed E-state index contributed by atoms with van der Waals surface area (Å²) in [6.07, 6.45) is 2.78. The minimum Gasteiger partial charge on any atom is -0.462 e. The molecule has 8 nitrogen and oxygen atoms in total. The van der Waals surface area contributed by atoms with E-state index in [1.165, 1.54) is 18.3 Å². The molecule has 1 aliphatic rings. The number of hydrogen-bond acceptors (Lipinski definition) is 7. The molecule has 2 aromatic rings. The lowest BCUT2D eigenvalue weighted by molar-refractivity contribution is -0.153. The van der Waals surface area contributed by atoms with E-state index in [0.29, 0.717) is 10.6 Å². The first kappa shape index (κ1) is 25.4. The highest BCUT2D eigenvalue weighted by Crippen LogP contribution is 2.38. The zero-order valence-corrected chi connectivity index (χ0v) is 20.3. The zero-order valence-electron chi connectivity index (χ0n) is 19.5. The number of carbonyl (C=O) groups excluding carboxylic acids is 4. The highest BCUT2D eigenvalue weighted by molar-refractivity contribution is 7.17. The molecule has 0 spiro atoms. The molecule has 0 aliphatic heterocycles. The highest BCUT2D eigenvalue weighted by atomic mass is 32.1. The number of amides is 2. The first-order valence-corrected chi connectivity index (χ1v) is 12.3. The van der Waals surface area contributed by atoms with Gasteiger partial charge < -0.3 is 20.1 Å². The second-order valence-corrected chi connectivity index (χ2v) is 9.12. The summed E-state index contributed by atoms with van der Waals surface area (Å²) >= 11 is 1.38. The van der Waals surface area contributed by atoms with E-state index >= 15 is 0 Å². The predicted octanol–water partition coefficient (Wildman–Crippen LogP) is 3.42. The van der Waals surface area contributed by atoms with E-state index in [1.807, 2.05) is 30.3 Å². The number of aryl methyl sites for hydroxylation is 1. The van der Waals surface area contributed by atoms with Crippen LogP contribution >= 0.6 is 11.3 Å². The predicted molar refractivity (Wildman–Crippen MR) is 129 cm³/mol. The van der Waals surface area contributed by atoms with Crippen LogP contribution in [0.4, 0.5) is 5.00 Å². The smallest absolute Gasteiger partial charge is 0.341 e. The monoisotopic (exact) mass is 486 g/mol. The van der Waals surface area contributed by atoms with Crippen LogP contribution in [0.3, 0.4) is 0 Å². The minimum absolute atomic E-state index is 0.0560. The molecule has 0 bridgehead atoms. The maximum atomic E-state index is 12.7. The van der Waals surface area contributed by atoms with Crippen LogP contribution in [0.2, 0.25) is 0 Å². The maximum Gasteiger partial charge on any atom is 0.341 e. The Morgan fingerprint density at radius 2 is 1.82 bits per heavy atom. The van der Waals surface area contributed by atoms with Crippen molar-refractivity contribution in [2.75, 3.05) is 18.5 Å². The van der Waals surface area contributed by atoms with Crippen LogP contribution in [0.25, 0.3) is 0 Å². The van der Waals surface area contributed by atoms with Crippen LogP contribution in [0, 0.1) is 0 Å². The molecule has 9 heteroatoms. The van der Waals surface area contributed by atoms with Gasteiger partial charge in [0, 0.05) is 11.4 Å². The molecule has 2 amide bonds. The lowest BCUT2D eigenvalue weighted by Gasteiger charge is -2.14. The molecule has 1 atom stereocenters. The normalized spacial score (nSPS) is 13.4. The van der Waals surface area contributed by atoms with Gasteiger partial charge in [0.15, 0.2) is 6.10 Å². The van der Waals surface area contributed by atoms with Crippen molar-refractivity contribution in [3.05, 3.63) is 51.9 Å². The highest BCUT2D eigenvalue weighted by Gasteiger charge is 2.28. The van der Waals surface area contributed by atoms with E-state index in [0.717, 1.165) is 41.7 Å². The van der Waals surface area contributed by atoms with Gasteiger partial charge in [0.05, 0.1) is 25.0 Å². The summed E-state index contributed by atoms with van der Waals surface area (Å²) in [5.41, 5.74) is 2.24. The van der Waals surface area contributed by atoms with Gasteiger partial charge in [0.2, 0.25) is 5.91 Å². The number of rotatable bonds is 10. The summed E-state index contributed by atoms with van der Waals surface area (Å²) in [5, 5.41) is 5.86. The Morgan fingerprint density at radius 3 is 2.56 bits per heavy atom. The quantitative estimate of drug-likeness (QED) is 0.498. The molecule has 2 N–H and O–H groups in total. The molecule has 0 radical (unpaired) electrons. The lowest BCUT2D eigenvalue weighted by Crippen LogP contribution is -2.32. The standard InChI is InChI=1S/C25H30N2O6S/c1-3-32-25(31)22-18-11-7-8-12-19(18)34-24(22)27-23(30)16(2)33-21(29)13-14-26-20(28)15-17-9-5-4-6-10-17/h4-6,9-10,16H,3,7-8,11-15H2,1-2H3,(H,26,28)(H,27,30). The lowest BCUT2D eigenvalue weighted by atomic mass is 9.95. The van der Waals surface area contributed by atoms with E-state index in [9.17, 15) is 19.2 Å². The molecule has 1 aromatic carbocycles. The number of thiophene rings is 1. The van der Waals surface area contributed by atoms with Crippen molar-refractivity contribution >= 4 is 40.1 Å². The van der Waals surface area contributed by atoms with Crippen LogP contribution in [0.5, 0.6) is 0 Å². The van der Waals surface area contributed by atoms with E-state index < -0.39 is 23.9 Å². The molecule has 1 aliphatic carbocycles. The van der Waals surface area contributed by atoms with Gasteiger partial charge >= 0.3 is 11.9 Å². The number of fused-ring (bicyclic) bond motifs is 1. The molecule has 1 aromatic heterocycles. The van der Waals surface area contributed by atoms with Crippen molar-refractivity contribution in [3.8, 4) is 0 Å². The second-order valence-electron chi connectivity index (χ2n) is 8.02. The van der Waals surface area contributed by atoms with Crippen molar-refractivity contribution < 1.29 is 28.7 Å². The number of carbonyl (C=O) groups is 4. The Hall–Kier alpha value is -3.20. The largest absolute Gasteiger partial charge is 0.462 e. The third-order valence-electron chi connectivity index (χ3n) is 5.42. The minimum atomic E-state index is -1.05. The van der Waals surface area contributed by atoms with Crippen LogP contribution in [-0.2, 0) is 43.1 Å². The summed E-state index contributed by atoms with van der Waals surface area (Å²) in [7, 11) is 0. The first-order valence-electron chi connectivity index (χ1n) is 11.5. The molecule has 182 valence electrons. The number of anilines is 1. The fourth-order valence-electron chi connectivity index (χ4n) is 3.74. The van der Waals surface area contributed by atoms with Crippen molar-refractivity contribution in [2.45, 2.75) is 58.5 Å². The van der Waals surface area contributed by atoms with Gasteiger partial charge in [-0.05, 0) is 50.7 Å².